The molecule has 0 atom stereocenters. The lowest BCUT2D eigenvalue weighted by molar-refractivity contribution is -0.115. The third kappa shape index (κ3) is 5.34. The van der Waals surface area contributed by atoms with E-state index in [9.17, 15) is 4.79 Å². The Balaban J connectivity index is 2.14. The molecule has 0 N–H and O–H groups in total. The van der Waals surface area contributed by atoms with Gasteiger partial charge in [0, 0.05) is 6.42 Å². The van der Waals surface area contributed by atoms with Crippen molar-refractivity contribution in [3.05, 3.63) is 42.0 Å². The van der Waals surface area contributed by atoms with Crippen molar-refractivity contribution < 1.29 is 9.53 Å². The molecule has 0 aliphatic heterocycles. The van der Waals surface area contributed by atoms with E-state index in [0.717, 1.165) is 18.6 Å². The number of aryl methyl sites for hydroxylation is 1. The fourth-order valence-electron chi connectivity index (χ4n) is 1.43. The number of hydrogen-bond donors (Lipinski definition) is 0. The topological polar surface area (TPSA) is 26.3 Å². The van der Waals surface area contributed by atoms with Gasteiger partial charge < -0.3 is 4.74 Å². The van der Waals surface area contributed by atoms with Gasteiger partial charge in [-0.3, -0.25) is 4.79 Å². The zero-order chi connectivity index (χ0) is 12.7. The van der Waals surface area contributed by atoms with Gasteiger partial charge in [-0.2, -0.15) is 0 Å². The lowest BCUT2D eigenvalue weighted by Gasteiger charge is -2.06. The first kappa shape index (κ1) is 13.5. The van der Waals surface area contributed by atoms with Gasteiger partial charge in [-0.15, -0.1) is 0 Å². The molecule has 0 aliphatic carbocycles. The highest BCUT2D eigenvalue weighted by molar-refractivity contribution is 5.93. The molecule has 92 valence electrons. The van der Waals surface area contributed by atoms with Crippen LogP contribution < -0.4 is 4.74 Å². The van der Waals surface area contributed by atoms with Crippen LogP contribution in [0.3, 0.4) is 0 Å². The molecule has 0 bridgehead atoms. The molecule has 0 radical (unpaired) electrons. The molecule has 2 nitrogen and oxygen atoms in total. The first-order valence-electron chi connectivity index (χ1n) is 5.98. The van der Waals surface area contributed by atoms with Gasteiger partial charge in [-0.05, 0) is 44.4 Å². The van der Waals surface area contributed by atoms with Gasteiger partial charge in [0.1, 0.15) is 5.75 Å². The van der Waals surface area contributed by atoms with Crippen molar-refractivity contribution >= 4 is 5.78 Å². The Morgan fingerprint density at radius 2 is 1.88 bits per heavy atom. The number of unbranched alkanes of at least 4 members (excludes halogenated alkanes) is 1. The van der Waals surface area contributed by atoms with E-state index in [-0.39, 0.29) is 5.78 Å². The number of ether oxygens (including phenoxy) is 1. The number of allylic oxidation sites excluding steroid dienone is 1. The molecule has 1 aromatic carbocycles. The third-order valence-electron chi connectivity index (χ3n) is 2.56. The zero-order valence-corrected chi connectivity index (χ0v) is 10.7. The maximum absolute atomic E-state index is 11.3. The van der Waals surface area contributed by atoms with Crippen molar-refractivity contribution in [2.45, 2.75) is 33.1 Å². The predicted molar refractivity (Wildman–Crippen MR) is 70.3 cm³/mol. The minimum atomic E-state index is 0.153. The molecule has 1 aromatic rings. The minimum absolute atomic E-state index is 0.153. The second-order valence-electron chi connectivity index (χ2n) is 4.32. The van der Waals surface area contributed by atoms with Gasteiger partial charge in [-0.1, -0.05) is 24.3 Å². The molecule has 2 heteroatoms. The van der Waals surface area contributed by atoms with Crippen LogP contribution in [0.15, 0.2) is 36.4 Å². The SMILES string of the molecule is C=C(C)C(=O)CCCCOc1ccc(C)cc1. The van der Waals surface area contributed by atoms with Gasteiger partial charge in [0.05, 0.1) is 6.61 Å². The Labute approximate surface area is 103 Å². The van der Waals surface area contributed by atoms with Crippen LogP contribution in [0.25, 0.3) is 0 Å². The van der Waals surface area contributed by atoms with Crippen molar-refractivity contribution in [3.63, 3.8) is 0 Å². The number of rotatable bonds is 7. The molecule has 0 spiro atoms. The first-order valence-corrected chi connectivity index (χ1v) is 5.98. The van der Waals surface area contributed by atoms with Gasteiger partial charge in [0.15, 0.2) is 5.78 Å². The molecule has 0 heterocycles. The summed E-state index contributed by atoms with van der Waals surface area (Å²) < 4.78 is 5.57. The highest BCUT2D eigenvalue weighted by atomic mass is 16.5. The number of hydrogen-bond acceptors (Lipinski definition) is 2. The normalized spacial score (nSPS) is 10.0. The molecular formula is C15H20O2. The Morgan fingerprint density at radius 1 is 1.24 bits per heavy atom. The van der Waals surface area contributed by atoms with Crippen LogP contribution in [-0.4, -0.2) is 12.4 Å². The van der Waals surface area contributed by atoms with Crippen LogP contribution in [0.2, 0.25) is 0 Å². The van der Waals surface area contributed by atoms with Crippen LogP contribution in [0.1, 0.15) is 31.7 Å². The lowest BCUT2D eigenvalue weighted by Crippen LogP contribution is -2.01. The van der Waals surface area contributed by atoms with Gasteiger partial charge in [-0.25, -0.2) is 0 Å². The highest BCUT2D eigenvalue weighted by Crippen LogP contribution is 2.12. The molecule has 0 saturated heterocycles. The number of carbonyl (C=O) groups is 1. The Kier molecular flexibility index (Phi) is 5.47. The van der Waals surface area contributed by atoms with Crippen LogP contribution >= 0.6 is 0 Å². The predicted octanol–water partition coefficient (Wildman–Crippen LogP) is 3.69. The fourth-order valence-corrected chi connectivity index (χ4v) is 1.43. The van der Waals surface area contributed by atoms with Crippen molar-refractivity contribution in [3.8, 4) is 5.75 Å². The van der Waals surface area contributed by atoms with E-state index in [4.69, 9.17) is 4.74 Å². The number of ketones is 1. The monoisotopic (exact) mass is 232 g/mol. The molecular weight excluding hydrogens is 212 g/mol. The van der Waals surface area contributed by atoms with Crippen LogP contribution in [-0.2, 0) is 4.79 Å². The number of benzene rings is 1. The molecule has 0 saturated carbocycles. The van der Waals surface area contributed by atoms with Gasteiger partial charge in [0.2, 0.25) is 0 Å². The van der Waals surface area contributed by atoms with E-state index in [1.165, 1.54) is 5.56 Å². The van der Waals surface area contributed by atoms with Crippen molar-refractivity contribution in [2.75, 3.05) is 6.61 Å². The summed E-state index contributed by atoms with van der Waals surface area (Å²) in [6.45, 7) is 8.09. The minimum Gasteiger partial charge on any atom is -0.494 e. The second-order valence-corrected chi connectivity index (χ2v) is 4.32. The van der Waals surface area contributed by atoms with Crippen molar-refractivity contribution in [2.24, 2.45) is 0 Å². The summed E-state index contributed by atoms with van der Waals surface area (Å²) in [5, 5.41) is 0. The molecule has 0 aliphatic rings. The summed E-state index contributed by atoms with van der Waals surface area (Å²) >= 11 is 0. The van der Waals surface area contributed by atoms with Crippen LogP contribution in [0.4, 0.5) is 0 Å². The summed E-state index contributed by atoms with van der Waals surface area (Å²) in [5.41, 5.74) is 1.87. The van der Waals surface area contributed by atoms with E-state index in [0.29, 0.717) is 18.6 Å². The average molecular weight is 232 g/mol. The Morgan fingerprint density at radius 3 is 2.47 bits per heavy atom. The largest absolute Gasteiger partial charge is 0.494 e. The zero-order valence-electron chi connectivity index (χ0n) is 10.7. The second kappa shape index (κ2) is 6.89. The summed E-state index contributed by atoms with van der Waals surface area (Å²) in [6, 6.07) is 7.99. The maximum atomic E-state index is 11.3. The molecule has 17 heavy (non-hydrogen) atoms. The van der Waals surface area contributed by atoms with E-state index < -0.39 is 0 Å². The molecule has 0 fully saturated rings. The van der Waals surface area contributed by atoms with E-state index >= 15 is 0 Å². The smallest absolute Gasteiger partial charge is 0.157 e. The van der Waals surface area contributed by atoms with E-state index in [2.05, 4.69) is 6.58 Å². The van der Waals surface area contributed by atoms with Gasteiger partial charge >= 0.3 is 0 Å². The summed E-state index contributed by atoms with van der Waals surface area (Å²) in [7, 11) is 0. The highest BCUT2D eigenvalue weighted by Gasteiger charge is 2.01. The van der Waals surface area contributed by atoms with Crippen molar-refractivity contribution in [1.29, 1.82) is 0 Å². The summed E-state index contributed by atoms with van der Waals surface area (Å²) in [4.78, 5) is 11.3. The quantitative estimate of drug-likeness (QED) is 0.529. The molecule has 0 aromatic heterocycles. The van der Waals surface area contributed by atoms with Crippen molar-refractivity contribution in [1.82, 2.24) is 0 Å². The lowest BCUT2D eigenvalue weighted by atomic mass is 10.1. The molecule has 0 unspecified atom stereocenters. The number of carbonyl (C=O) groups excluding carboxylic acids is 1. The summed E-state index contributed by atoms with van der Waals surface area (Å²) in [5.74, 6) is 1.04. The maximum Gasteiger partial charge on any atom is 0.157 e. The summed E-state index contributed by atoms with van der Waals surface area (Å²) in [6.07, 6.45) is 2.33. The average Bonchev–Trinajstić information content (AvgIpc) is 2.30. The van der Waals surface area contributed by atoms with Gasteiger partial charge in [0.25, 0.3) is 0 Å². The Hall–Kier alpha value is -1.57. The fraction of sp³-hybridized carbons (Fsp3) is 0.400. The van der Waals surface area contributed by atoms with Crippen LogP contribution in [0.5, 0.6) is 5.75 Å². The third-order valence-corrected chi connectivity index (χ3v) is 2.56. The number of Topliss-reactive ketones (excluding diaryl/α,β-unsaturated/α-hetero) is 1. The molecule has 0 amide bonds. The molecule has 1 rings (SSSR count). The van der Waals surface area contributed by atoms with Crippen LogP contribution in [0, 0.1) is 6.92 Å². The van der Waals surface area contributed by atoms with E-state index in [1.54, 1.807) is 6.92 Å². The Bertz CT molecular complexity index is 376. The standard InChI is InChI=1S/C15H20O2/c1-12(2)15(16)6-4-5-11-17-14-9-7-13(3)8-10-14/h7-10H,1,4-6,11H2,2-3H3. The first-order chi connectivity index (χ1) is 8.09. The van der Waals surface area contributed by atoms with E-state index in [1.807, 2.05) is 31.2 Å².